The third-order valence-corrected chi connectivity index (χ3v) is 2.70. The first-order chi connectivity index (χ1) is 7.09. The lowest BCUT2D eigenvalue weighted by Gasteiger charge is -2.33. The van der Waals surface area contributed by atoms with Crippen molar-refractivity contribution >= 4 is 0 Å². The molecule has 3 nitrogen and oxygen atoms in total. The first kappa shape index (κ1) is 13.2. The summed E-state index contributed by atoms with van der Waals surface area (Å²) in [4.78, 5) is 0. The van der Waals surface area contributed by atoms with Crippen LogP contribution in [0.5, 0.6) is 0 Å². The van der Waals surface area contributed by atoms with E-state index in [2.05, 4.69) is 51.7 Å². The van der Waals surface area contributed by atoms with Crippen LogP contribution < -0.4 is 0 Å². The van der Waals surface area contributed by atoms with Gasteiger partial charge in [-0.05, 0) is 17.3 Å². The molecule has 0 spiro atoms. The Morgan fingerprint density at radius 3 is 1.94 bits per heavy atom. The van der Waals surface area contributed by atoms with Gasteiger partial charge >= 0.3 is 0 Å². The average molecular weight is 224 g/mol. The molecule has 0 radical (unpaired) electrons. The van der Waals surface area contributed by atoms with Crippen LogP contribution in [0, 0.1) is 17.8 Å². The molecule has 1 unspecified atom stereocenters. The smallest absolute Gasteiger partial charge is 0.220 e. The molecule has 0 aliphatic carbocycles. The van der Waals surface area contributed by atoms with E-state index in [-0.39, 0.29) is 10.8 Å². The SMILES string of the molecule is Cc1nnc(C(CC(C)(C)C)C(C)(C)C)o1. The van der Waals surface area contributed by atoms with Crippen LogP contribution in [0.15, 0.2) is 4.42 Å². The van der Waals surface area contributed by atoms with Crippen LogP contribution in [0.25, 0.3) is 0 Å². The summed E-state index contributed by atoms with van der Waals surface area (Å²) < 4.78 is 5.60. The van der Waals surface area contributed by atoms with Gasteiger partial charge in [0.15, 0.2) is 0 Å². The second-order valence-corrected chi connectivity index (χ2v) is 6.84. The van der Waals surface area contributed by atoms with Crippen molar-refractivity contribution in [3.05, 3.63) is 11.8 Å². The molecule has 16 heavy (non-hydrogen) atoms. The minimum atomic E-state index is 0.145. The molecule has 1 aromatic heterocycles. The molecule has 92 valence electrons. The van der Waals surface area contributed by atoms with Crippen molar-refractivity contribution in [2.45, 2.75) is 60.8 Å². The summed E-state index contributed by atoms with van der Waals surface area (Å²) in [7, 11) is 0. The van der Waals surface area contributed by atoms with E-state index >= 15 is 0 Å². The maximum atomic E-state index is 5.60. The molecular formula is C13H24N2O. The predicted molar refractivity (Wildman–Crippen MR) is 65.3 cm³/mol. The van der Waals surface area contributed by atoms with Gasteiger partial charge in [0.2, 0.25) is 11.8 Å². The fraction of sp³-hybridized carbons (Fsp3) is 0.846. The van der Waals surface area contributed by atoms with Crippen LogP contribution in [0.1, 0.15) is 65.7 Å². The Morgan fingerprint density at radius 1 is 1.06 bits per heavy atom. The molecule has 0 aromatic carbocycles. The molecule has 0 fully saturated rings. The van der Waals surface area contributed by atoms with Gasteiger partial charge in [-0.2, -0.15) is 0 Å². The van der Waals surface area contributed by atoms with Gasteiger partial charge in [0, 0.05) is 12.8 Å². The maximum Gasteiger partial charge on any atom is 0.220 e. The highest BCUT2D eigenvalue weighted by Crippen LogP contribution is 2.42. The van der Waals surface area contributed by atoms with Crippen LogP contribution in [-0.2, 0) is 0 Å². The first-order valence-corrected chi connectivity index (χ1v) is 5.89. The first-order valence-electron chi connectivity index (χ1n) is 5.89. The van der Waals surface area contributed by atoms with Gasteiger partial charge in [-0.25, -0.2) is 0 Å². The largest absolute Gasteiger partial charge is 0.425 e. The minimum absolute atomic E-state index is 0.145. The summed E-state index contributed by atoms with van der Waals surface area (Å²) in [6, 6.07) is 0. The zero-order valence-electron chi connectivity index (χ0n) is 11.6. The lowest BCUT2D eigenvalue weighted by atomic mass is 9.72. The standard InChI is InChI=1S/C13H24N2O/c1-9-14-15-11(16-9)10(13(5,6)7)8-12(2,3)4/h10H,8H2,1-7H3. The molecule has 1 atom stereocenters. The van der Waals surface area contributed by atoms with E-state index in [0.717, 1.165) is 12.3 Å². The zero-order chi connectivity index (χ0) is 12.6. The quantitative estimate of drug-likeness (QED) is 0.763. The Bertz CT molecular complexity index is 342. The highest BCUT2D eigenvalue weighted by atomic mass is 16.4. The normalized spacial score (nSPS) is 15.2. The number of rotatable bonds is 2. The molecule has 3 heteroatoms. The summed E-state index contributed by atoms with van der Waals surface area (Å²) in [5, 5.41) is 8.11. The lowest BCUT2D eigenvalue weighted by Crippen LogP contribution is -2.24. The third-order valence-electron chi connectivity index (χ3n) is 2.70. The fourth-order valence-corrected chi connectivity index (χ4v) is 1.83. The number of hydrogen-bond donors (Lipinski definition) is 0. The fourth-order valence-electron chi connectivity index (χ4n) is 1.83. The molecule has 0 aliphatic heterocycles. The van der Waals surface area contributed by atoms with E-state index in [4.69, 9.17) is 4.42 Å². The van der Waals surface area contributed by atoms with Crippen LogP contribution in [0.2, 0.25) is 0 Å². The van der Waals surface area contributed by atoms with Crippen molar-refractivity contribution in [1.29, 1.82) is 0 Å². The summed E-state index contributed by atoms with van der Waals surface area (Å²) in [5.41, 5.74) is 0.409. The van der Waals surface area contributed by atoms with Crippen molar-refractivity contribution in [2.75, 3.05) is 0 Å². The van der Waals surface area contributed by atoms with E-state index in [9.17, 15) is 0 Å². The van der Waals surface area contributed by atoms with Crippen LogP contribution in [0.3, 0.4) is 0 Å². The monoisotopic (exact) mass is 224 g/mol. The van der Waals surface area contributed by atoms with Crippen LogP contribution in [-0.4, -0.2) is 10.2 Å². The highest BCUT2D eigenvalue weighted by Gasteiger charge is 2.34. The van der Waals surface area contributed by atoms with E-state index in [1.54, 1.807) is 0 Å². The predicted octanol–water partition coefficient (Wildman–Crippen LogP) is 3.94. The molecule has 1 rings (SSSR count). The van der Waals surface area contributed by atoms with Crippen LogP contribution in [0.4, 0.5) is 0 Å². The van der Waals surface area contributed by atoms with Crippen molar-refractivity contribution in [3.8, 4) is 0 Å². The Hall–Kier alpha value is -0.860. The molecule has 0 bridgehead atoms. The van der Waals surface area contributed by atoms with Gasteiger partial charge in [0.1, 0.15) is 0 Å². The topological polar surface area (TPSA) is 38.9 Å². The van der Waals surface area contributed by atoms with Crippen molar-refractivity contribution in [2.24, 2.45) is 10.8 Å². The maximum absolute atomic E-state index is 5.60. The summed E-state index contributed by atoms with van der Waals surface area (Å²) in [6.45, 7) is 15.3. The Morgan fingerprint density at radius 2 is 1.62 bits per heavy atom. The van der Waals surface area contributed by atoms with Gasteiger partial charge in [-0.15, -0.1) is 10.2 Å². The molecule has 1 heterocycles. The molecule has 1 aromatic rings. The van der Waals surface area contributed by atoms with E-state index in [1.807, 2.05) is 6.92 Å². The third kappa shape index (κ3) is 3.62. The van der Waals surface area contributed by atoms with E-state index in [0.29, 0.717) is 11.8 Å². The number of hydrogen-bond acceptors (Lipinski definition) is 3. The zero-order valence-corrected chi connectivity index (χ0v) is 11.6. The van der Waals surface area contributed by atoms with Gasteiger partial charge in [0.05, 0.1) is 0 Å². The summed E-state index contributed by atoms with van der Waals surface area (Å²) in [6.07, 6.45) is 1.05. The van der Waals surface area contributed by atoms with E-state index < -0.39 is 0 Å². The Kier molecular flexibility index (Phi) is 3.46. The van der Waals surface area contributed by atoms with Gasteiger partial charge in [-0.1, -0.05) is 41.5 Å². The van der Waals surface area contributed by atoms with Gasteiger partial charge < -0.3 is 4.42 Å². The summed E-state index contributed by atoms with van der Waals surface area (Å²) in [5.74, 6) is 1.74. The Balaban J connectivity index is 2.98. The van der Waals surface area contributed by atoms with Crippen molar-refractivity contribution < 1.29 is 4.42 Å². The lowest BCUT2D eigenvalue weighted by molar-refractivity contribution is 0.197. The van der Waals surface area contributed by atoms with Gasteiger partial charge in [0.25, 0.3) is 0 Å². The molecule has 0 N–H and O–H groups in total. The average Bonchev–Trinajstić information content (AvgIpc) is 2.43. The van der Waals surface area contributed by atoms with Crippen molar-refractivity contribution in [3.63, 3.8) is 0 Å². The molecule has 0 saturated carbocycles. The van der Waals surface area contributed by atoms with Gasteiger partial charge in [-0.3, -0.25) is 0 Å². The Labute approximate surface area is 98.6 Å². The number of aryl methyl sites for hydroxylation is 1. The van der Waals surface area contributed by atoms with Crippen LogP contribution >= 0.6 is 0 Å². The second kappa shape index (κ2) is 4.19. The molecule has 0 aliphatic rings. The highest BCUT2D eigenvalue weighted by molar-refractivity contribution is 4.99. The number of nitrogens with zero attached hydrogens (tertiary/aromatic N) is 2. The van der Waals surface area contributed by atoms with E-state index in [1.165, 1.54) is 0 Å². The molecule has 0 saturated heterocycles. The summed E-state index contributed by atoms with van der Waals surface area (Å²) >= 11 is 0. The number of aromatic nitrogens is 2. The molecular weight excluding hydrogens is 200 g/mol. The second-order valence-electron chi connectivity index (χ2n) is 6.84. The van der Waals surface area contributed by atoms with Crippen molar-refractivity contribution in [1.82, 2.24) is 10.2 Å². The molecule has 0 amide bonds. The minimum Gasteiger partial charge on any atom is -0.425 e.